The Bertz CT molecular complexity index is 657. The number of imidazole rings is 1. The highest BCUT2D eigenvalue weighted by Gasteiger charge is 2.48. The molecule has 0 aromatic carbocycles. The lowest BCUT2D eigenvalue weighted by molar-refractivity contribution is -0.183. The Hall–Kier alpha value is -1.44. The summed E-state index contributed by atoms with van der Waals surface area (Å²) in [5.74, 6) is 2.02. The SMILES string of the molecule is O=C([C@@H]1Cn2ccnc2C2(CCN(CC3CC3)CC2)O1)N1CCOCC1. The average molecular weight is 360 g/mol. The molecule has 142 valence electrons. The predicted molar refractivity (Wildman–Crippen MR) is 94.6 cm³/mol. The maximum Gasteiger partial charge on any atom is 0.253 e. The Morgan fingerprint density at radius 3 is 2.69 bits per heavy atom. The number of carbonyl (C=O) groups is 1. The van der Waals surface area contributed by atoms with Crippen molar-refractivity contribution < 1.29 is 14.3 Å². The second-order valence-corrected chi connectivity index (χ2v) is 8.19. The summed E-state index contributed by atoms with van der Waals surface area (Å²) in [5, 5.41) is 0. The molecule has 7 nitrogen and oxygen atoms in total. The first-order chi connectivity index (χ1) is 12.7. The van der Waals surface area contributed by atoms with E-state index in [1.807, 2.05) is 17.3 Å². The van der Waals surface area contributed by atoms with Gasteiger partial charge in [0.2, 0.25) is 0 Å². The number of likely N-dealkylation sites (tertiary alicyclic amines) is 1. The van der Waals surface area contributed by atoms with Crippen molar-refractivity contribution in [3.63, 3.8) is 0 Å². The molecule has 2 saturated heterocycles. The van der Waals surface area contributed by atoms with Crippen LogP contribution < -0.4 is 0 Å². The van der Waals surface area contributed by atoms with Gasteiger partial charge in [-0.3, -0.25) is 4.79 Å². The predicted octanol–water partition coefficient (Wildman–Crippen LogP) is 0.842. The van der Waals surface area contributed by atoms with E-state index >= 15 is 0 Å². The van der Waals surface area contributed by atoms with Crippen molar-refractivity contribution in [3.8, 4) is 0 Å². The fourth-order valence-electron chi connectivity index (χ4n) is 4.62. The average Bonchev–Trinajstić information content (AvgIpc) is 3.36. The molecule has 4 aliphatic rings. The first-order valence-corrected chi connectivity index (χ1v) is 10.0. The van der Waals surface area contributed by atoms with E-state index in [9.17, 15) is 4.79 Å². The number of amides is 1. The summed E-state index contributed by atoms with van der Waals surface area (Å²) < 4.78 is 14.1. The third-order valence-electron chi connectivity index (χ3n) is 6.33. The topological polar surface area (TPSA) is 59.8 Å². The van der Waals surface area contributed by atoms with Crippen LogP contribution in [0.25, 0.3) is 0 Å². The largest absolute Gasteiger partial charge is 0.378 e. The zero-order valence-electron chi connectivity index (χ0n) is 15.3. The number of fused-ring (bicyclic) bond motifs is 2. The lowest BCUT2D eigenvalue weighted by atomic mass is 9.88. The quantitative estimate of drug-likeness (QED) is 0.800. The smallest absolute Gasteiger partial charge is 0.253 e. The molecule has 1 amide bonds. The van der Waals surface area contributed by atoms with Gasteiger partial charge in [0.15, 0.2) is 6.10 Å². The second kappa shape index (κ2) is 6.62. The second-order valence-electron chi connectivity index (χ2n) is 8.19. The summed E-state index contributed by atoms with van der Waals surface area (Å²) >= 11 is 0. The van der Waals surface area contributed by atoms with Crippen molar-refractivity contribution in [3.05, 3.63) is 18.2 Å². The van der Waals surface area contributed by atoms with E-state index in [0.717, 1.165) is 37.7 Å². The summed E-state index contributed by atoms with van der Waals surface area (Å²) in [5.41, 5.74) is -0.408. The van der Waals surface area contributed by atoms with Crippen LogP contribution in [-0.2, 0) is 26.4 Å². The van der Waals surface area contributed by atoms with E-state index in [0.29, 0.717) is 32.8 Å². The summed E-state index contributed by atoms with van der Waals surface area (Å²) in [6.07, 6.45) is 8.05. The lowest BCUT2D eigenvalue weighted by Gasteiger charge is -2.46. The first-order valence-electron chi connectivity index (χ1n) is 10.0. The van der Waals surface area contributed by atoms with Gasteiger partial charge in [0.25, 0.3) is 5.91 Å². The number of hydrogen-bond acceptors (Lipinski definition) is 5. The monoisotopic (exact) mass is 360 g/mol. The molecule has 1 aromatic rings. The van der Waals surface area contributed by atoms with Crippen molar-refractivity contribution in [1.29, 1.82) is 0 Å². The Morgan fingerprint density at radius 2 is 1.96 bits per heavy atom. The van der Waals surface area contributed by atoms with E-state index in [2.05, 4.69) is 14.5 Å². The molecule has 1 saturated carbocycles. The van der Waals surface area contributed by atoms with Gasteiger partial charge in [0.05, 0.1) is 19.8 Å². The minimum absolute atomic E-state index is 0.104. The lowest BCUT2D eigenvalue weighted by Crippen LogP contribution is -2.55. The number of piperidine rings is 1. The Labute approximate surface area is 154 Å². The fourth-order valence-corrected chi connectivity index (χ4v) is 4.62. The third kappa shape index (κ3) is 3.06. The van der Waals surface area contributed by atoms with Gasteiger partial charge in [-0.1, -0.05) is 0 Å². The molecule has 0 N–H and O–H groups in total. The maximum absolute atomic E-state index is 13.0. The molecule has 0 radical (unpaired) electrons. The molecule has 1 aromatic heterocycles. The molecule has 0 bridgehead atoms. The van der Waals surface area contributed by atoms with Crippen LogP contribution in [0.15, 0.2) is 12.4 Å². The number of carbonyl (C=O) groups excluding carboxylic acids is 1. The van der Waals surface area contributed by atoms with Crippen LogP contribution in [0.2, 0.25) is 0 Å². The van der Waals surface area contributed by atoms with Gasteiger partial charge in [-0.05, 0) is 31.6 Å². The van der Waals surface area contributed by atoms with Crippen molar-refractivity contribution in [2.45, 2.75) is 43.9 Å². The van der Waals surface area contributed by atoms with Crippen LogP contribution in [-0.4, -0.2) is 77.3 Å². The standard InChI is InChI=1S/C19H28N4O3/c24-17(22-9-11-25-12-10-22)16-14-23-8-5-20-18(23)19(26-16)3-6-21(7-4-19)13-15-1-2-15/h5,8,15-16H,1-4,6-7,9-14H2/t16-/m0/s1. The zero-order valence-corrected chi connectivity index (χ0v) is 15.3. The van der Waals surface area contributed by atoms with Gasteiger partial charge in [0, 0.05) is 45.1 Å². The molecule has 1 atom stereocenters. The van der Waals surface area contributed by atoms with Gasteiger partial charge >= 0.3 is 0 Å². The molecular formula is C19H28N4O3. The van der Waals surface area contributed by atoms with Crippen LogP contribution in [0, 0.1) is 5.92 Å². The summed E-state index contributed by atoms with van der Waals surface area (Å²) in [4.78, 5) is 22.1. The van der Waals surface area contributed by atoms with Crippen LogP contribution in [0.1, 0.15) is 31.5 Å². The number of hydrogen-bond donors (Lipinski definition) is 0. The molecule has 1 aliphatic carbocycles. The van der Waals surface area contributed by atoms with Gasteiger partial charge in [-0.2, -0.15) is 0 Å². The van der Waals surface area contributed by atoms with Crippen molar-refractivity contribution >= 4 is 5.91 Å². The Kier molecular flexibility index (Phi) is 4.26. The highest BCUT2D eigenvalue weighted by atomic mass is 16.5. The minimum Gasteiger partial charge on any atom is -0.378 e. The van der Waals surface area contributed by atoms with E-state index in [4.69, 9.17) is 9.47 Å². The molecular weight excluding hydrogens is 332 g/mol. The highest BCUT2D eigenvalue weighted by Crippen LogP contribution is 2.41. The number of rotatable bonds is 3. The summed E-state index contributed by atoms with van der Waals surface area (Å²) in [6.45, 7) is 6.42. The third-order valence-corrected chi connectivity index (χ3v) is 6.33. The van der Waals surface area contributed by atoms with Crippen LogP contribution in [0.5, 0.6) is 0 Å². The Balaban J connectivity index is 1.33. The summed E-state index contributed by atoms with van der Waals surface area (Å²) in [7, 11) is 0. The van der Waals surface area contributed by atoms with Crippen molar-refractivity contribution in [2.24, 2.45) is 5.92 Å². The van der Waals surface area contributed by atoms with Gasteiger partial charge in [0.1, 0.15) is 11.4 Å². The number of ether oxygens (including phenoxy) is 2. The molecule has 5 rings (SSSR count). The van der Waals surface area contributed by atoms with Gasteiger partial charge < -0.3 is 23.8 Å². The van der Waals surface area contributed by atoms with Crippen molar-refractivity contribution in [2.75, 3.05) is 45.9 Å². The molecule has 4 heterocycles. The molecule has 1 spiro atoms. The number of aromatic nitrogens is 2. The van der Waals surface area contributed by atoms with E-state index in [1.165, 1.54) is 19.4 Å². The molecule has 26 heavy (non-hydrogen) atoms. The van der Waals surface area contributed by atoms with E-state index in [-0.39, 0.29) is 5.91 Å². The van der Waals surface area contributed by atoms with E-state index in [1.54, 1.807) is 0 Å². The van der Waals surface area contributed by atoms with Crippen LogP contribution >= 0.6 is 0 Å². The van der Waals surface area contributed by atoms with Crippen LogP contribution in [0.4, 0.5) is 0 Å². The van der Waals surface area contributed by atoms with E-state index < -0.39 is 11.7 Å². The van der Waals surface area contributed by atoms with Gasteiger partial charge in [-0.25, -0.2) is 4.98 Å². The first kappa shape index (κ1) is 16.7. The molecule has 3 aliphatic heterocycles. The highest BCUT2D eigenvalue weighted by molar-refractivity contribution is 5.81. The fraction of sp³-hybridized carbons (Fsp3) is 0.789. The molecule has 7 heteroatoms. The van der Waals surface area contributed by atoms with Crippen molar-refractivity contribution in [1.82, 2.24) is 19.4 Å². The maximum atomic E-state index is 13.0. The minimum atomic E-state index is -0.412. The van der Waals surface area contributed by atoms with Crippen LogP contribution in [0.3, 0.4) is 0 Å². The number of morpholine rings is 1. The molecule has 0 unspecified atom stereocenters. The van der Waals surface area contributed by atoms with Gasteiger partial charge in [-0.15, -0.1) is 0 Å². The number of nitrogens with zero attached hydrogens (tertiary/aromatic N) is 4. The summed E-state index contributed by atoms with van der Waals surface area (Å²) in [6, 6.07) is 0. The molecule has 3 fully saturated rings. The zero-order chi connectivity index (χ0) is 17.6. The Morgan fingerprint density at radius 1 is 1.19 bits per heavy atom. The normalized spacial score (nSPS) is 28.9.